The van der Waals surface area contributed by atoms with Crippen LogP contribution in [0.25, 0.3) is 11.3 Å². The van der Waals surface area contributed by atoms with E-state index in [2.05, 4.69) is 4.98 Å². The van der Waals surface area contributed by atoms with E-state index >= 15 is 0 Å². The summed E-state index contributed by atoms with van der Waals surface area (Å²) in [6.07, 6.45) is 1.54. The number of hydrogen-bond acceptors (Lipinski definition) is 5. The zero-order valence-corrected chi connectivity index (χ0v) is 16.9. The van der Waals surface area contributed by atoms with Gasteiger partial charge in [0.15, 0.2) is 0 Å². The largest absolute Gasteiger partial charge is 0.444 e. The Hall–Kier alpha value is -2.74. The first kappa shape index (κ1) is 21.0. The summed E-state index contributed by atoms with van der Waals surface area (Å²) in [5, 5.41) is 10.9. The van der Waals surface area contributed by atoms with Crippen molar-refractivity contribution in [3.05, 3.63) is 52.8 Å². The third-order valence-electron chi connectivity index (χ3n) is 4.84. The monoisotopic (exact) mass is 403 g/mol. The number of aliphatic hydroxyl groups is 1. The molecule has 2 aromatic rings. The molecule has 0 unspecified atom stereocenters. The van der Waals surface area contributed by atoms with Gasteiger partial charge >= 0.3 is 6.09 Å². The third kappa shape index (κ3) is 5.20. The molecule has 1 aromatic carbocycles. The van der Waals surface area contributed by atoms with Crippen LogP contribution >= 0.6 is 0 Å². The van der Waals surface area contributed by atoms with Crippen LogP contribution < -0.4 is 5.56 Å². The van der Waals surface area contributed by atoms with Crippen LogP contribution in [0.3, 0.4) is 0 Å². The zero-order valence-electron chi connectivity index (χ0n) is 16.9. The highest BCUT2D eigenvalue weighted by molar-refractivity contribution is 5.68. The van der Waals surface area contributed by atoms with Crippen LogP contribution in [-0.4, -0.2) is 49.9 Å². The van der Waals surface area contributed by atoms with Gasteiger partial charge in [-0.25, -0.2) is 14.2 Å². The summed E-state index contributed by atoms with van der Waals surface area (Å²) >= 11 is 0. The van der Waals surface area contributed by atoms with Gasteiger partial charge < -0.3 is 14.7 Å². The first-order valence-corrected chi connectivity index (χ1v) is 9.58. The highest BCUT2D eigenvalue weighted by Gasteiger charge is 2.36. The van der Waals surface area contributed by atoms with E-state index < -0.39 is 23.1 Å². The Kier molecular flexibility index (Phi) is 5.75. The quantitative estimate of drug-likeness (QED) is 0.852. The molecule has 1 aromatic heterocycles. The molecule has 0 radical (unpaired) electrons. The van der Waals surface area contributed by atoms with Crippen molar-refractivity contribution in [3.8, 4) is 11.3 Å². The zero-order chi connectivity index (χ0) is 21.2. The third-order valence-corrected chi connectivity index (χ3v) is 4.84. The summed E-state index contributed by atoms with van der Waals surface area (Å²) < 4.78 is 20.6. The lowest BCUT2D eigenvalue weighted by Gasteiger charge is -2.38. The van der Waals surface area contributed by atoms with Crippen LogP contribution in [0.4, 0.5) is 9.18 Å². The maximum atomic E-state index is 13.9. The van der Waals surface area contributed by atoms with Crippen LogP contribution in [0.15, 0.2) is 41.5 Å². The number of amides is 1. The molecule has 0 saturated carbocycles. The Morgan fingerprint density at radius 3 is 2.52 bits per heavy atom. The standard InChI is InChI=1S/C21H26FN3O4/c1-20(2,3)29-19(27)24-10-8-21(28,9-11-24)13-25-14-23-17(12-18(25)26)15-6-4-5-7-16(15)22/h4-7,12,14,28H,8-11,13H2,1-3H3. The molecule has 7 nitrogen and oxygen atoms in total. The van der Waals surface area contributed by atoms with E-state index in [0.29, 0.717) is 25.9 Å². The average molecular weight is 403 g/mol. The molecule has 0 spiro atoms. The van der Waals surface area contributed by atoms with E-state index in [-0.39, 0.29) is 23.4 Å². The predicted octanol–water partition coefficient (Wildman–Crippen LogP) is 2.81. The van der Waals surface area contributed by atoms with Crippen LogP contribution in [0.5, 0.6) is 0 Å². The summed E-state index contributed by atoms with van der Waals surface area (Å²) in [6.45, 7) is 6.13. The first-order chi connectivity index (χ1) is 13.6. The van der Waals surface area contributed by atoms with Crippen molar-refractivity contribution in [2.75, 3.05) is 13.1 Å². The number of nitrogens with zero attached hydrogens (tertiary/aromatic N) is 3. The number of carbonyl (C=O) groups is 1. The summed E-state index contributed by atoms with van der Waals surface area (Å²) in [5.41, 5.74) is -1.59. The van der Waals surface area contributed by atoms with Crippen molar-refractivity contribution in [2.45, 2.75) is 51.4 Å². The normalized spacial score (nSPS) is 16.5. The minimum Gasteiger partial charge on any atom is -0.444 e. The van der Waals surface area contributed by atoms with Gasteiger partial charge in [-0.1, -0.05) is 12.1 Å². The van der Waals surface area contributed by atoms with Gasteiger partial charge in [0.25, 0.3) is 5.56 Å². The highest BCUT2D eigenvalue weighted by Crippen LogP contribution is 2.25. The first-order valence-electron chi connectivity index (χ1n) is 9.58. The lowest BCUT2D eigenvalue weighted by molar-refractivity contribution is -0.0420. The second-order valence-corrected chi connectivity index (χ2v) is 8.41. The van der Waals surface area contributed by atoms with E-state index in [1.54, 1.807) is 43.9 Å². The molecule has 29 heavy (non-hydrogen) atoms. The van der Waals surface area contributed by atoms with Gasteiger partial charge in [0, 0.05) is 24.7 Å². The van der Waals surface area contributed by atoms with E-state index in [1.165, 1.54) is 23.0 Å². The Morgan fingerprint density at radius 2 is 1.93 bits per heavy atom. The number of benzene rings is 1. The van der Waals surface area contributed by atoms with Crippen LogP contribution in [0, 0.1) is 5.82 Å². The Balaban J connectivity index is 1.67. The van der Waals surface area contributed by atoms with Crippen molar-refractivity contribution < 1.29 is 19.0 Å². The number of likely N-dealkylation sites (tertiary alicyclic amines) is 1. The molecule has 0 aliphatic carbocycles. The molecular weight excluding hydrogens is 377 g/mol. The molecule has 1 fully saturated rings. The van der Waals surface area contributed by atoms with Crippen molar-refractivity contribution in [1.29, 1.82) is 0 Å². The van der Waals surface area contributed by atoms with Crippen molar-refractivity contribution in [2.24, 2.45) is 0 Å². The minimum absolute atomic E-state index is 0.0541. The number of rotatable bonds is 3. The van der Waals surface area contributed by atoms with E-state index in [1.807, 2.05) is 0 Å². The SMILES string of the molecule is CC(C)(C)OC(=O)N1CCC(O)(Cn2cnc(-c3ccccc3F)cc2=O)CC1. The van der Waals surface area contributed by atoms with Gasteiger partial charge in [-0.05, 0) is 45.7 Å². The fraction of sp³-hybridized carbons (Fsp3) is 0.476. The van der Waals surface area contributed by atoms with Gasteiger partial charge in [-0.15, -0.1) is 0 Å². The van der Waals surface area contributed by atoms with Gasteiger partial charge in [0.1, 0.15) is 11.4 Å². The molecule has 2 heterocycles. The molecule has 1 aliphatic heterocycles. The molecule has 156 valence electrons. The molecule has 1 N–H and O–H groups in total. The lowest BCUT2D eigenvalue weighted by atomic mass is 9.91. The summed E-state index contributed by atoms with van der Waals surface area (Å²) in [4.78, 5) is 30.4. The number of ether oxygens (including phenoxy) is 1. The molecule has 0 atom stereocenters. The lowest BCUT2D eigenvalue weighted by Crippen LogP contribution is -2.50. The minimum atomic E-state index is -1.14. The maximum absolute atomic E-state index is 13.9. The summed E-state index contributed by atoms with van der Waals surface area (Å²) in [5.74, 6) is -0.453. The molecule has 1 aliphatic rings. The van der Waals surface area contributed by atoms with E-state index in [4.69, 9.17) is 4.74 Å². The van der Waals surface area contributed by atoms with Crippen molar-refractivity contribution >= 4 is 6.09 Å². The highest BCUT2D eigenvalue weighted by atomic mass is 19.1. The Morgan fingerprint density at radius 1 is 1.28 bits per heavy atom. The van der Waals surface area contributed by atoms with E-state index in [9.17, 15) is 19.1 Å². The number of piperidine rings is 1. The predicted molar refractivity (Wildman–Crippen MR) is 106 cm³/mol. The van der Waals surface area contributed by atoms with Crippen molar-refractivity contribution in [3.63, 3.8) is 0 Å². The fourth-order valence-electron chi connectivity index (χ4n) is 3.27. The van der Waals surface area contributed by atoms with Crippen LogP contribution in [-0.2, 0) is 11.3 Å². The van der Waals surface area contributed by atoms with Crippen LogP contribution in [0.1, 0.15) is 33.6 Å². The maximum Gasteiger partial charge on any atom is 0.410 e. The van der Waals surface area contributed by atoms with Crippen LogP contribution in [0.2, 0.25) is 0 Å². The molecule has 3 rings (SSSR count). The molecule has 1 saturated heterocycles. The fourth-order valence-corrected chi connectivity index (χ4v) is 3.27. The summed E-state index contributed by atoms with van der Waals surface area (Å²) in [7, 11) is 0. The molecule has 1 amide bonds. The number of hydrogen-bond donors (Lipinski definition) is 1. The topological polar surface area (TPSA) is 84.7 Å². The molecule has 8 heteroatoms. The van der Waals surface area contributed by atoms with Crippen molar-refractivity contribution in [1.82, 2.24) is 14.5 Å². The second kappa shape index (κ2) is 7.94. The Labute approximate surface area is 168 Å². The van der Waals surface area contributed by atoms with Gasteiger partial charge in [0.2, 0.25) is 0 Å². The second-order valence-electron chi connectivity index (χ2n) is 8.41. The molecule has 0 bridgehead atoms. The smallest absolute Gasteiger partial charge is 0.410 e. The van der Waals surface area contributed by atoms with Gasteiger partial charge in [0.05, 0.1) is 24.2 Å². The number of carbonyl (C=O) groups excluding carboxylic acids is 1. The Bertz CT molecular complexity index is 943. The van der Waals surface area contributed by atoms with Gasteiger partial charge in [-0.2, -0.15) is 0 Å². The van der Waals surface area contributed by atoms with Gasteiger partial charge in [-0.3, -0.25) is 9.36 Å². The number of halogens is 1. The van der Waals surface area contributed by atoms with E-state index in [0.717, 1.165) is 0 Å². The average Bonchev–Trinajstić information content (AvgIpc) is 2.63. The molecular formula is C21H26FN3O4. The summed E-state index contributed by atoms with van der Waals surface area (Å²) in [6, 6.07) is 7.37. The number of aromatic nitrogens is 2.